The zero-order valence-corrected chi connectivity index (χ0v) is 19.7. The van der Waals surface area contributed by atoms with Gasteiger partial charge in [-0.05, 0) is 36.5 Å². The molecular weight excluding hydrogens is 436 g/mol. The fourth-order valence-electron chi connectivity index (χ4n) is 4.21. The Hall–Kier alpha value is -3.86. The van der Waals surface area contributed by atoms with Gasteiger partial charge in [0.05, 0.1) is 27.0 Å². The third kappa shape index (κ3) is 5.54. The van der Waals surface area contributed by atoms with Crippen LogP contribution in [0.15, 0.2) is 36.4 Å². The average molecular weight is 467 g/mol. The Labute approximate surface area is 199 Å². The molecule has 2 N–H and O–H groups in total. The van der Waals surface area contributed by atoms with Gasteiger partial charge in [-0.2, -0.15) is 0 Å². The van der Waals surface area contributed by atoms with Crippen LogP contribution >= 0.6 is 0 Å². The van der Waals surface area contributed by atoms with Crippen LogP contribution in [0, 0.1) is 12.3 Å². The van der Waals surface area contributed by atoms with E-state index in [1.54, 1.807) is 24.3 Å². The third-order valence-corrected chi connectivity index (χ3v) is 5.93. The molecule has 1 atom stereocenters. The van der Waals surface area contributed by atoms with Crippen LogP contribution in [0.2, 0.25) is 0 Å². The molecule has 180 valence electrons. The topological polar surface area (TPSA) is 97.3 Å². The maximum absolute atomic E-state index is 13.7. The average Bonchev–Trinajstić information content (AvgIpc) is 2.86. The van der Waals surface area contributed by atoms with Crippen LogP contribution in [0.1, 0.15) is 43.7 Å². The first-order chi connectivity index (χ1) is 16.4. The van der Waals surface area contributed by atoms with Crippen molar-refractivity contribution in [3.05, 3.63) is 42.0 Å². The van der Waals surface area contributed by atoms with Crippen molar-refractivity contribution in [2.24, 2.45) is 0 Å². The van der Waals surface area contributed by atoms with Gasteiger partial charge in [-0.25, -0.2) is 0 Å². The molecule has 0 heterocycles. The largest absolute Gasteiger partial charge is 0.504 e. The number of phenolic OH excluding ortho intramolecular Hbond substituents is 1. The zero-order chi connectivity index (χ0) is 24.7. The molecule has 1 aliphatic carbocycles. The molecule has 2 aromatic rings. The summed E-state index contributed by atoms with van der Waals surface area (Å²) in [5.74, 6) is 1.93. The van der Waals surface area contributed by atoms with Gasteiger partial charge in [0.1, 0.15) is 17.5 Å². The van der Waals surface area contributed by atoms with E-state index in [0.717, 1.165) is 32.1 Å². The van der Waals surface area contributed by atoms with E-state index in [0.29, 0.717) is 22.7 Å². The minimum Gasteiger partial charge on any atom is -0.504 e. The van der Waals surface area contributed by atoms with E-state index >= 15 is 0 Å². The summed E-state index contributed by atoms with van der Waals surface area (Å²) < 4.78 is 15.8. The lowest BCUT2D eigenvalue weighted by Crippen LogP contribution is -2.47. The van der Waals surface area contributed by atoms with E-state index < -0.39 is 17.9 Å². The first-order valence-corrected chi connectivity index (χ1v) is 11.1. The van der Waals surface area contributed by atoms with Gasteiger partial charge in [0.25, 0.3) is 0 Å². The van der Waals surface area contributed by atoms with E-state index in [1.165, 1.54) is 38.4 Å². The van der Waals surface area contributed by atoms with Gasteiger partial charge >= 0.3 is 5.91 Å². The molecule has 3 rings (SSSR count). The summed E-state index contributed by atoms with van der Waals surface area (Å²) in [5.41, 5.74) is 0.690. The van der Waals surface area contributed by atoms with Gasteiger partial charge in [0.15, 0.2) is 11.5 Å². The molecule has 34 heavy (non-hydrogen) atoms. The van der Waals surface area contributed by atoms with Gasteiger partial charge in [-0.1, -0.05) is 25.3 Å². The number of hydrogen-bond acceptors (Lipinski definition) is 6. The van der Waals surface area contributed by atoms with Crippen molar-refractivity contribution in [3.63, 3.8) is 0 Å². The maximum atomic E-state index is 13.7. The van der Waals surface area contributed by atoms with Crippen molar-refractivity contribution in [1.29, 1.82) is 0 Å². The lowest BCUT2D eigenvalue weighted by atomic mass is 9.94. The van der Waals surface area contributed by atoms with Gasteiger partial charge in [0, 0.05) is 24.2 Å². The number of nitrogens with zero attached hydrogens (tertiary/aromatic N) is 1. The number of carbonyl (C=O) groups excluding carboxylic acids is 2. The molecule has 0 bridgehead atoms. The lowest BCUT2D eigenvalue weighted by molar-refractivity contribution is -0.125. The molecular formula is C26H30N2O6. The molecule has 0 saturated heterocycles. The number of phenols is 1. The SMILES string of the molecule is C#CC(=O)N(c1cc(OC)cc(OC)c1)C(C(=O)NC1CCCCC1)c1ccc(OC)c(O)c1. The van der Waals surface area contributed by atoms with Crippen molar-refractivity contribution >= 4 is 17.5 Å². The lowest BCUT2D eigenvalue weighted by Gasteiger charge is -2.32. The second kappa shape index (κ2) is 11.3. The Morgan fingerprint density at radius 3 is 2.21 bits per heavy atom. The second-order valence-electron chi connectivity index (χ2n) is 8.07. The fourth-order valence-corrected chi connectivity index (χ4v) is 4.21. The predicted molar refractivity (Wildman–Crippen MR) is 128 cm³/mol. The highest BCUT2D eigenvalue weighted by Crippen LogP contribution is 2.37. The molecule has 1 saturated carbocycles. The zero-order valence-electron chi connectivity index (χ0n) is 19.7. The van der Waals surface area contributed by atoms with Crippen molar-refractivity contribution in [3.8, 4) is 35.3 Å². The van der Waals surface area contributed by atoms with Crippen LogP contribution in [-0.2, 0) is 9.59 Å². The highest BCUT2D eigenvalue weighted by Gasteiger charge is 2.34. The molecule has 0 aromatic heterocycles. The molecule has 1 unspecified atom stereocenters. The van der Waals surface area contributed by atoms with Crippen LogP contribution in [0.3, 0.4) is 0 Å². The Morgan fingerprint density at radius 2 is 1.68 bits per heavy atom. The minimum atomic E-state index is -1.15. The normalized spacial score (nSPS) is 14.4. The van der Waals surface area contributed by atoms with Crippen molar-refractivity contribution in [2.45, 2.75) is 44.2 Å². The standard InChI is InChI=1S/C26H30N2O6/c1-5-24(30)28(19-14-20(32-2)16-21(15-19)33-3)25(17-11-12-23(34-4)22(29)13-17)26(31)27-18-9-7-6-8-10-18/h1,11-16,18,25,29H,6-10H2,2-4H3,(H,27,31). The number of benzene rings is 2. The van der Waals surface area contributed by atoms with Crippen LogP contribution in [0.25, 0.3) is 0 Å². The van der Waals surface area contributed by atoms with E-state index in [4.69, 9.17) is 20.6 Å². The molecule has 2 aromatic carbocycles. The highest BCUT2D eigenvalue weighted by atomic mass is 16.5. The number of terminal acetylenes is 1. The number of rotatable bonds is 8. The Bertz CT molecular complexity index is 1050. The summed E-state index contributed by atoms with van der Waals surface area (Å²) in [6, 6.07) is 8.26. The first kappa shape index (κ1) is 24.8. The van der Waals surface area contributed by atoms with Crippen molar-refractivity contribution < 1.29 is 28.9 Å². The predicted octanol–water partition coefficient (Wildman–Crippen LogP) is 3.57. The van der Waals surface area contributed by atoms with E-state index in [9.17, 15) is 14.7 Å². The maximum Gasteiger partial charge on any atom is 0.303 e. The third-order valence-electron chi connectivity index (χ3n) is 5.93. The number of nitrogens with one attached hydrogen (secondary N) is 1. The summed E-state index contributed by atoms with van der Waals surface area (Å²) in [5, 5.41) is 13.5. The number of methoxy groups -OCH3 is 3. The van der Waals surface area contributed by atoms with Crippen LogP contribution < -0.4 is 24.4 Å². The summed E-state index contributed by atoms with van der Waals surface area (Å²) in [6.45, 7) is 0. The molecule has 2 amide bonds. The quantitative estimate of drug-likeness (QED) is 0.578. The van der Waals surface area contributed by atoms with Gasteiger partial charge in [-0.15, -0.1) is 6.42 Å². The molecule has 0 radical (unpaired) electrons. The second-order valence-corrected chi connectivity index (χ2v) is 8.07. The van der Waals surface area contributed by atoms with Crippen molar-refractivity contribution in [1.82, 2.24) is 5.32 Å². The summed E-state index contributed by atoms with van der Waals surface area (Å²) in [6.07, 6.45) is 10.4. The number of ether oxygens (including phenoxy) is 3. The number of amides is 2. The Kier molecular flexibility index (Phi) is 8.25. The number of aromatic hydroxyl groups is 1. The van der Waals surface area contributed by atoms with Crippen molar-refractivity contribution in [2.75, 3.05) is 26.2 Å². The molecule has 0 aliphatic heterocycles. The van der Waals surface area contributed by atoms with E-state index in [-0.39, 0.29) is 17.5 Å². The van der Waals surface area contributed by atoms with Gasteiger partial charge in [0.2, 0.25) is 5.91 Å². The van der Waals surface area contributed by atoms with Crippen LogP contribution in [0.5, 0.6) is 23.0 Å². The number of hydrogen-bond donors (Lipinski definition) is 2. The summed E-state index contributed by atoms with van der Waals surface area (Å²) in [4.78, 5) is 28.0. The smallest absolute Gasteiger partial charge is 0.303 e. The molecule has 1 aliphatic rings. The van der Waals surface area contributed by atoms with E-state index in [1.807, 2.05) is 0 Å². The van der Waals surface area contributed by atoms with Gasteiger partial charge < -0.3 is 24.6 Å². The van der Waals surface area contributed by atoms with E-state index in [2.05, 4.69) is 11.2 Å². The molecule has 8 nitrogen and oxygen atoms in total. The van der Waals surface area contributed by atoms with Crippen LogP contribution in [-0.4, -0.2) is 44.3 Å². The minimum absolute atomic E-state index is 0.00164. The molecule has 0 spiro atoms. The molecule has 1 fully saturated rings. The Balaban J connectivity index is 2.14. The first-order valence-electron chi connectivity index (χ1n) is 11.1. The molecule has 8 heteroatoms. The summed E-state index contributed by atoms with van der Waals surface area (Å²) in [7, 11) is 4.40. The number of carbonyl (C=O) groups is 2. The Morgan fingerprint density at radius 1 is 1.03 bits per heavy atom. The summed E-state index contributed by atoms with van der Waals surface area (Å²) >= 11 is 0. The fraction of sp³-hybridized carbons (Fsp3) is 0.385. The number of anilines is 1. The van der Waals surface area contributed by atoms with Crippen LogP contribution in [0.4, 0.5) is 5.69 Å². The monoisotopic (exact) mass is 466 g/mol. The highest BCUT2D eigenvalue weighted by molar-refractivity contribution is 6.10. The van der Waals surface area contributed by atoms with Gasteiger partial charge in [-0.3, -0.25) is 14.5 Å².